The monoisotopic (exact) mass is 165 g/mol. The van der Waals surface area contributed by atoms with Crippen LogP contribution in [0.25, 0.3) is 0 Å². The number of benzene rings is 1. The summed E-state index contributed by atoms with van der Waals surface area (Å²) >= 11 is 5.68. The molecule has 0 saturated heterocycles. The summed E-state index contributed by atoms with van der Waals surface area (Å²) < 4.78 is 0. The van der Waals surface area contributed by atoms with E-state index in [0.717, 1.165) is 17.0 Å². The van der Waals surface area contributed by atoms with E-state index in [4.69, 9.17) is 16.9 Å². The number of rotatable bonds is 2. The first kappa shape index (κ1) is 8.10. The molecule has 0 radical (unpaired) electrons. The third-order valence-electron chi connectivity index (χ3n) is 1.44. The van der Waals surface area contributed by atoms with Crippen LogP contribution in [0.3, 0.4) is 0 Å². The van der Waals surface area contributed by atoms with Gasteiger partial charge in [0.2, 0.25) is 0 Å². The van der Waals surface area contributed by atoms with Crippen molar-refractivity contribution in [3.05, 3.63) is 34.9 Å². The second-order valence-electron chi connectivity index (χ2n) is 2.28. The highest BCUT2D eigenvalue weighted by atomic mass is 35.5. The Hall–Kier alpha value is -1.00. The molecule has 0 aliphatic heterocycles. The molecule has 0 spiro atoms. The van der Waals surface area contributed by atoms with Crippen molar-refractivity contribution in [3.8, 4) is 6.07 Å². The molecule has 1 nitrogen and oxygen atoms in total. The Morgan fingerprint density at radius 3 is 2.45 bits per heavy atom. The van der Waals surface area contributed by atoms with Crippen molar-refractivity contribution in [3.63, 3.8) is 0 Å². The molecule has 0 amide bonds. The molecule has 11 heavy (non-hydrogen) atoms. The molecule has 0 N–H and O–H groups in total. The van der Waals surface area contributed by atoms with Crippen LogP contribution in [0.1, 0.15) is 12.0 Å². The summed E-state index contributed by atoms with van der Waals surface area (Å²) in [5.74, 6) is 0. The van der Waals surface area contributed by atoms with E-state index in [9.17, 15) is 0 Å². The van der Waals surface area contributed by atoms with Crippen LogP contribution in [0.5, 0.6) is 0 Å². The summed E-state index contributed by atoms with van der Waals surface area (Å²) in [5, 5.41) is 9.05. The van der Waals surface area contributed by atoms with E-state index in [1.165, 1.54) is 0 Å². The zero-order valence-corrected chi connectivity index (χ0v) is 6.80. The first-order valence-corrected chi connectivity index (χ1v) is 3.82. The minimum Gasteiger partial charge on any atom is -0.198 e. The summed E-state index contributed by atoms with van der Waals surface area (Å²) in [6.07, 6.45) is 1.38. The Morgan fingerprint density at radius 1 is 1.27 bits per heavy atom. The van der Waals surface area contributed by atoms with Crippen molar-refractivity contribution in [2.45, 2.75) is 12.8 Å². The molecule has 0 fully saturated rings. The molecule has 0 unspecified atom stereocenters. The van der Waals surface area contributed by atoms with Gasteiger partial charge in [0.15, 0.2) is 0 Å². The van der Waals surface area contributed by atoms with Gasteiger partial charge in [0.05, 0.1) is 6.07 Å². The fourth-order valence-corrected chi connectivity index (χ4v) is 0.977. The molecule has 56 valence electrons. The highest BCUT2D eigenvalue weighted by Crippen LogP contribution is 2.10. The molecule has 1 rings (SSSR count). The fourth-order valence-electron chi connectivity index (χ4n) is 0.851. The second-order valence-corrected chi connectivity index (χ2v) is 2.72. The lowest BCUT2D eigenvalue weighted by Gasteiger charge is -1.95. The Balaban J connectivity index is 2.60. The molecule has 0 bridgehead atoms. The summed E-state index contributed by atoms with van der Waals surface area (Å²) in [6.45, 7) is 0. The highest BCUT2D eigenvalue weighted by molar-refractivity contribution is 6.30. The number of hydrogen-bond donors (Lipinski definition) is 0. The molecule has 0 saturated carbocycles. The van der Waals surface area contributed by atoms with Gasteiger partial charge in [0.1, 0.15) is 0 Å². The Morgan fingerprint density at radius 2 is 1.91 bits per heavy atom. The number of nitrogens with zero attached hydrogens (tertiary/aromatic N) is 1. The lowest BCUT2D eigenvalue weighted by Crippen LogP contribution is -1.81. The molecular weight excluding hydrogens is 158 g/mol. The molecule has 2 heteroatoms. The van der Waals surface area contributed by atoms with Crippen LogP contribution in [0.2, 0.25) is 5.02 Å². The maximum atomic E-state index is 8.31. The minimum atomic E-state index is 0.571. The lowest BCUT2D eigenvalue weighted by atomic mass is 10.1. The zero-order chi connectivity index (χ0) is 8.10. The Kier molecular flexibility index (Phi) is 2.95. The van der Waals surface area contributed by atoms with Gasteiger partial charge in [-0.2, -0.15) is 5.26 Å². The van der Waals surface area contributed by atoms with E-state index in [1.54, 1.807) is 0 Å². The van der Waals surface area contributed by atoms with Gasteiger partial charge < -0.3 is 0 Å². The first-order valence-electron chi connectivity index (χ1n) is 3.44. The molecule has 0 aliphatic carbocycles. The first-order chi connectivity index (χ1) is 5.33. The van der Waals surface area contributed by atoms with Crippen LogP contribution in [-0.4, -0.2) is 0 Å². The van der Waals surface area contributed by atoms with Crippen molar-refractivity contribution < 1.29 is 0 Å². The Bertz CT molecular complexity index is 258. The molecule has 1 aromatic rings. The van der Waals surface area contributed by atoms with Gasteiger partial charge >= 0.3 is 0 Å². The van der Waals surface area contributed by atoms with Crippen LogP contribution in [0.15, 0.2) is 24.3 Å². The maximum absolute atomic E-state index is 8.31. The summed E-state index contributed by atoms with van der Waals surface area (Å²) in [7, 11) is 0. The van der Waals surface area contributed by atoms with Gasteiger partial charge in [-0.25, -0.2) is 0 Å². The van der Waals surface area contributed by atoms with E-state index in [2.05, 4.69) is 6.07 Å². The standard InChI is InChI=1S/C9H8ClN/c10-9-5-3-8(4-6-9)2-1-7-11/h3-6H,1-2H2. The van der Waals surface area contributed by atoms with Crippen LogP contribution in [0.4, 0.5) is 0 Å². The predicted octanol–water partition coefficient (Wildman–Crippen LogP) is 2.80. The normalized spacial score (nSPS) is 9.09. The smallest absolute Gasteiger partial charge is 0.0625 e. The van der Waals surface area contributed by atoms with Gasteiger partial charge in [0, 0.05) is 11.4 Å². The van der Waals surface area contributed by atoms with Crippen molar-refractivity contribution >= 4 is 11.6 Å². The number of aryl methyl sites for hydroxylation is 1. The summed E-state index contributed by atoms with van der Waals surface area (Å²) in [4.78, 5) is 0. The van der Waals surface area contributed by atoms with Crippen molar-refractivity contribution in [1.29, 1.82) is 5.26 Å². The van der Waals surface area contributed by atoms with Gasteiger partial charge in [0.25, 0.3) is 0 Å². The van der Waals surface area contributed by atoms with Gasteiger partial charge in [-0.15, -0.1) is 0 Å². The SMILES string of the molecule is N#CCCc1ccc(Cl)cc1. The van der Waals surface area contributed by atoms with Gasteiger partial charge in [-0.05, 0) is 24.1 Å². The molecule has 0 aliphatic rings. The highest BCUT2D eigenvalue weighted by Gasteiger charge is 1.91. The van der Waals surface area contributed by atoms with Gasteiger partial charge in [-0.1, -0.05) is 23.7 Å². The number of hydrogen-bond acceptors (Lipinski definition) is 1. The van der Waals surface area contributed by atoms with Crippen molar-refractivity contribution in [1.82, 2.24) is 0 Å². The van der Waals surface area contributed by atoms with E-state index in [1.807, 2.05) is 24.3 Å². The number of halogens is 1. The third-order valence-corrected chi connectivity index (χ3v) is 1.69. The third kappa shape index (κ3) is 2.61. The average Bonchev–Trinajstić information content (AvgIpc) is 2.04. The topological polar surface area (TPSA) is 23.8 Å². The average molecular weight is 166 g/mol. The van der Waals surface area contributed by atoms with Crippen LogP contribution in [-0.2, 0) is 6.42 Å². The Labute approximate surface area is 71.2 Å². The van der Waals surface area contributed by atoms with Crippen molar-refractivity contribution in [2.24, 2.45) is 0 Å². The minimum absolute atomic E-state index is 0.571. The van der Waals surface area contributed by atoms with Gasteiger partial charge in [-0.3, -0.25) is 0 Å². The predicted molar refractivity (Wildman–Crippen MR) is 45.4 cm³/mol. The van der Waals surface area contributed by atoms with E-state index in [0.29, 0.717) is 6.42 Å². The second kappa shape index (κ2) is 4.00. The molecule has 1 aromatic carbocycles. The fraction of sp³-hybridized carbons (Fsp3) is 0.222. The maximum Gasteiger partial charge on any atom is 0.0625 e. The summed E-state index contributed by atoms with van der Waals surface area (Å²) in [5.41, 5.74) is 1.16. The zero-order valence-electron chi connectivity index (χ0n) is 6.05. The van der Waals surface area contributed by atoms with E-state index in [-0.39, 0.29) is 0 Å². The largest absolute Gasteiger partial charge is 0.198 e. The van der Waals surface area contributed by atoms with Crippen LogP contribution in [0, 0.1) is 11.3 Å². The number of nitriles is 1. The van der Waals surface area contributed by atoms with Crippen LogP contribution >= 0.6 is 11.6 Å². The van der Waals surface area contributed by atoms with Crippen molar-refractivity contribution in [2.75, 3.05) is 0 Å². The van der Waals surface area contributed by atoms with E-state index >= 15 is 0 Å². The summed E-state index contributed by atoms with van der Waals surface area (Å²) in [6, 6.07) is 9.67. The molecular formula is C9H8ClN. The molecule has 0 aromatic heterocycles. The molecule has 0 heterocycles. The quantitative estimate of drug-likeness (QED) is 0.661. The van der Waals surface area contributed by atoms with E-state index < -0.39 is 0 Å². The lowest BCUT2D eigenvalue weighted by molar-refractivity contribution is 1.01. The van der Waals surface area contributed by atoms with Crippen LogP contribution < -0.4 is 0 Å². The molecule has 0 atom stereocenters.